The molecule has 3 heterocycles. The van der Waals surface area contributed by atoms with E-state index in [9.17, 15) is 9.59 Å². The zero-order chi connectivity index (χ0) is 19.0. The number of carbonyl (C=O) groups excluding carboxylic acids is 1. The molecule has 0 unspecified atom stereocenters. The summed E-state index contributed by atoms with van der Waals surface area (Å²) in [6, 6.07) is 5.29. The Bertz CT molecular complexity index is 919. The molecule has 9 heteroatoms. The van der Waals surface area contributed by atoms with E-state index in [-0.39, 0.29) is 24.9 Å². The van der Waals surface area contributed by atoms with Crippen molar-refractivity contribution in [2.24, 2.45) is 0 Å². The lowest BCUT2D eigenvalue weighted by molar-refractivity contribution is -0.132. The maximum atomic E-state index is 12.8. The number of aryl methyl sites for hydroxylation is 1. The molecule has 1 amide bonds. The van der Waals surface area contributed by atoms with Gasteiger partial charge in [-0.1, -0.05) is 0 Å². The van der Waals surface area contributed by atoms with E-state index in [1.165, 1.54) is 9.25 Å². The Morgan fingerprint density at radius 2 is 1.96 bits per heavy atom. The smallest absolute Gasteiger partial charge is 0.351 e. The van der Waals surface area contributed by atoms with E-state index in [0.29, 0.717) is 36.1 Å². The zero-order valence-electron chi connectivity index (χ0n) is 15.6. The van der Waals surface area contributed by atoms with Crippen molar-refractivity contribution < 1.29 is 14.3 Å². The first-order valence-electron chi connectivity index (χ1n) is 9.06. The maximum Gasteiger partial charge on any atom is 0.351 e. The molecule has 1 saturated heterocycles. The van der Waals surface area contributed by atoms with Crippen LogP contribution in [-0.4, -0.2) is 70.1 Å². The third-order valence-corrected chi connectivity index (χ3v) is 4.97. The summed E-state index contributed by atoms with van der Waals surface area (Å²) in [4.78, 5) is 29.5. The molecule has 0 N–H and O–H groups in total. The van der Waals surface area contributed by atoms with Crippen molar-refractivity contribution in [3.63, 3.8) is 0 Å². The van der Waals surface area contributed by atoms with Gasteiger partial charge in [0.05, 0.1) is 5.69 Å². The molecule has 0 aliphatic carbocycles. The average molecular weight is 373 g/mol. The minimum Gasteiger partial charge on any atom is -0.454 e. The summed E-state index contributed by atoms with van der Waals surface area (Å²) in [6.07, 6.45) is 0.932. The highest BCUT2D eigenvalue weighted by Gasteiger charge is 2.21. The Morgan fingerprint density at radius 3 is 2.81 bits per heavy atom. The number of nitrogens with zero attached hydrogens (tertiary/aromatic N) is 5. The molecule has 0 bridgehead atoms. The first kappa shape index (κ1) is 17.6. The van der Waals surface area contributed by atoms with Crippen LogP contribution in [0.2, 0.25) is 0 Å². The third-order valence-electron chi connectivity index (χ3n) is 4.97. The largest absolute Gasteiger partial charge is 0.454 e. The van der Waals surface area contributed by atoms with Crippen LogP contribution in [0, 0.1) is 6.92 Å². The summed E-state index contributed by atoms with van der Waals surface area (Å²) < 4.78 is 13.4. The lowest BCUT2D eigenvalue weighted by Gasteiger charge is -2.20. The van der Waals surface area contributed by atoms with E-state index in [2.05, 4.69) is 17.0 Å². The molecule has 0 atom stereocenters. The van der Waals surface area contributed by atoms with Gasteiger partial charge in [-0.15, -0.1) is 0 Å². The number of ether oxygens (including phenoxy) is 2. The van der Waals surface area contributed by atoms with Crippen LogP contribution in [0.4, 0.5) is 0 Å². The number of hydrogen-bond donors (Lipinski definition) is 0. The van der Waals surface area contributed by atoms with Crippen molar-refractivity contribution in [2.75, 3.05) is 40.0 Å². The number of rotatable bonds is 3. The summed E-state index contributed by atoms with van der Waals surface area (Å²) in [7, 11) is 2.05. The fourth-order valence-electron chi connectivity index (χ4n) is 3.46. The normalized spacial score (nSPS) is 17.2. The lowest BCUT2D eigenvalue weighted by Crippen LogP contribution is -2.39. The van der Waals surface area contributed by atoms with Gasteiger partial charge >= 0.3 is 5.69 Å². The van der Waals surface area contributed by atoms with Gasteiger partial charge in [0.15, 0.2) is 11.5 Å². The van der Waals surface area contributed by atoms with E-state index >= 15 is 0 Å². The highest BCUT2D eigenvalue weighted by Crippen LogP contribution is 2.33. The summed E-state index contributed by atoms with van der Waals surface area (Å²) in [5.74, 6) is 1.68. The van der Waals surface area contributed by atoms with E-state index < -0.39 is 0 Å². The molecule has 4 rings (SSSR count). The number of likely N-dealkylation sites (N-methyl/N-ethyl adjacent to an activating group) is 1. The Morgan fingerprint density at radius 1 is 1.15 bits per heavy atom. The highest BCUT2D eigenvalue weighted by molar-refractivity contribution is 5.75. The maximum absolute atomic E-state index is 12.8. The minimum atomic E-state index is -0.341. The Balaban J connectivity index is 1.56. The van der Waals surface area contributed by atoms with Gasteiger partial charge < -0.3 is 19.3 Å². The summed E-state index contributed by atoms with van der Waals surface area (Å²) in [6.45, 7) is 5.05. The van der Waals surface area contributed by atoms with Crippen molar-refractivity contribution >= 4 is 5.91 Å². The number of carbonyl (C=O) groups is 1. The quantitative estimate of drug-likeness (QED) is 0.766. The molecule has 0 saturated carbocycles. The second-order valence-corrected chi connectivity index (χ2v) is 6.90. The molecular formula is C18H23N5O4. The van der Waals surface area contributed by atoms with E-state index in [1.54, 1.807) is 25.1 Å². The minimum absolute atomic E-state index is 0.0546. The summed E-state index contributed by atoms with van der Waals surface area (Å²) in [5.41, 5.74) is 0.295. The molecule has 2 aliphatic heterocycles. The van der Waals surface area contributed by atoms with Gasteiger partial charge in [0.25, 0.3) is 0 Å². The Labute approximate surface area is 156 Å². The van der Waals surface area contributed by atoms with Crippen molar-refractivity contribution in [1.29, 1.82) is 0 Å². The predicted octanol–water partition coefficient (Wildman–Crippen LogP) is 0.235. The number of fused-ring (bicyclic) bond motifs is 1. The van der Waals surface area contributed by atoms with Gasteiger partial charge in [0.2, 0.25) is 12.7 Å². The summed E-state index contributed by atoms with van der Waals surface area (Å²) >= 11 is 0. The van der Waals surface area contributed by atoms with Gasteiger partial charge in [-0.25, -0.2) is 14.0 Å². The fourth-order valence-corrected chi connectivity index (χ4v) is 3.46. The van der Waals surface area contributed by atoms with Crippen molar-refractivity contribution in [3.05, 3.63) is 34.5 Å². The number of hydrogen-bond acceptors (Lipinski definition) is 6. The SMILES string of the molecule is Cc1nn(CC(=O)N2CCCN(C)CC2)c(=O)n1-c1ccc2c(c1)OCO2. The van der Waals surface area contributed by atoms with Crippen LogP contribution in [0.5, 0.6) is 11.5 Å². The van der Waals surface area contributed by atoms with Crippen molar-refractivity contribution in [1.82, 2.24) is 24.1 Å². The van der Waals surface area contributed by atoms with Gasteiger partial charge in [0.1, 0.15) is 12.4 Å². The molecule has 2 aliphatic rings. The molecule has 1 fully saturated rings. The van der Waals surface area contributed by atoms with E-state index in [4.69, 9.17) is 9.47 Å². The number of amides is 1. The first-order valence-corrected chi connectivity index (χ1v) is 9.06. The topological polar surface area (TPSA) is 81.8 Å². The van der Waals surface area contributed by atoms with E-state index in [0.717, 1.165) is 19.5 Å². The van der Waals surface area contributed by atoms with Crippen LogP contribution in [0.1, 0.15) is 12.2 Å². The summed E-state index contributed by atoms with van der Waals surface area (Å²) in [5, 5.41) is 4.29. The number of benzene rings is 1. The molecule has 0 radical (unpaired) electrons. The molecule has 2 aromatic rings. The van der Waals surface area contributed by atoms with Gasteiger partial charge in [-0.05, 0) is 39.1 Å². The van der Waals surface area contributed by atoms with Crippen LogP contribution in [0.15, 0.2) is 23.0 Å². The van der Waals surface area contributed by atoms with Crippen LogP contribution in [0.3, 0.4) is 0 Å². The third kappa shape index (κ3) is 3.42. The molecule has 9 nitrogen and oxygen atoms in total. The highest BCUT2D eigenvalue weighted by atomic mass is 16.7. The lowest BCUT2D eigenvalue weighted by atomic mass is 10.2. The molecular weight excluding hydrogens is 350 g/mol. The van der Waals surface area contributed by atoms with Gasteiger partial charge in [-0.2, -0.15) is 5.10 Å². The Hall–Kier alpha value is -2.81. The first-order chi connectivity index (χ1) is 13.0. The Kier molecular flexibility index (Phi) is 4.61. The molecule has 1 aromatic carbocycles. The second kappa shape index (κ2) is 7.07. The van der Waals surface area contributed by atoms with Crippen molar-refractivity contribution in [3.8, 4) is 17.2 Å². The van der Waals surface area contributed by atoms with Crippen molar-refractivity contribution in [2.45, 2.75) is 19.9 Å². The predicted molar refractivity (Wildman–Crippen MR) is 97.4 cm³/mol. The molecule has 27 heavy (non-hydrogen) atoms. The van der Waals surface area contributed by atoms with Crippen LogP contribution >= 0.6 is 0 Å². The zero-order valence-corrected chi connectivity index (χ0v) is 15.6. The van der Waals surface area contributed by atoms with Crippen LogP contribution < -0.4 is 15.2 Å². The van der Waals surface area contributed by atoms with Gasteiger partial charge in [0, 0.05) is 25.7 Å². The van der Waals surface area contributed by atoms with Gasteiger partial charge in [-0.3, -0.25) is 4.79 Å². The van der Waals surface area contributed by atoms with Crippen LogP contribution in [-0.2, 0) is 11.3 Å². The van der Waals surface area contributed by atoms with E-state index in [1.807, 2.05) is 4.90 Å². The monoisotopic (exact) mass is 373 g/mol. The fraction of sp³-hybridized carbons (Fsp3) is 0.500. The second-order valence-electron chi connectivity index (χ2n) is 6.90. The molecule has 144 valence electrons. The molecule has 1 aromatic heterocycles. The van der Waals surface area contributed by atoms with Crippen LogP contribution in [0.25, 0.3) is 5.69 Å². The average Bonchev–Trinajstić information content (AvgIpc) is 3.13. The molecule has 0 spiro atoms. The number of aromatic nitrogens is 3. The standard InChI is InChI=1S/C18H23N5O4/c1-13-19-22(11-17(24)21-7-3-6-20(2)8-9-21)18(25)23(13)14-4-5-15-16(10-14)27-12-26-15/h4-5,10H,3,6-9,11-12H2,1-2H3.